The van der Waals surface area contributed by atoms with Gasteiger partial charge in [0.1, 0.15) is 5.75 Å². The largest absolute Gasteiger partial charge is 0.496 e. The highest BCUT2D eigenvalue weighted by atomic mass is 16.5. The first-order valence-electron chi connectivity index (χ1n) is 4.26. The van der Waals surface area contributed by atoms with Crippen molar-refractivity contribution < 1.29 is 9.53 Å². The standard InChI is InChI=1S/C10H14N2O2/c1-6-4-7(2)9(14-3)8(5-6)10(13)12-11/h4-5H,11H2,1-3H3,(H,12,13). The first-order chi connectivity index (χ1) is 6.60. The first-order valence-corrected chi connectivity index (χ1v) is 4.26. The zero-order valence-corrected chi connectivity index (χ0v) is 8.55. The molecule has 0 bridgehead atoms. The summed E-state index contributed by atoms with van der Waals surface area (Å²) < 4.78 is 5.14. The molecule has 0 atom stereocenters. The summed E-state index contributed by atoms with van der Waals surface area (Å²) in [6.07, 6.45) is 0. The number of aryl methyl sites for hydroxylation is 2. The lowest BCUT2D eigenvalue weighted by Gasteiger charge is -2.11. The topological polar surface area (TPSA) is 64.3 Å². The van der Waals surface area contributed by atoms with Gasteiger partial charge in [0.25, 0.3) is 5.91 Å². The zero-order chi connectivity index (χ0) is 10.7. The van der Waals surface area contributed by atoms with Crippen molar-refractivity contribution in [3.8, 4) is 5.75 Å². The van der Waals surface area contributed by atoms with Gasteiger partial charge in [-0.1, -0.05) is 6.07 Å². The Labute approximate surface area is 83.0 Å². The Morgan fingerprint density at radius 3 is 2.57 bits per heavy atom. The molecule has 0 aromatic heterocycles. The van der Waals surface area contributed by atoms with Gasteiger partial charge in [-0.25, -0.2) is 5.84 Å². The fraction of sp³-hybridized carbons (Fsp3) is 0.300. The van der Waals surface area contributed by atoms with Gasteiger partial charge in [0, 0.05) is 0 Å². The number of hydrazine groups is 1. The Bertz CT molecular complexity index is 361. The number of methoxy groups -OCH3 is 1. The Morgan fingerprint density at radius 2 is 2.07 bits per heavy atom. The van der Waals surface area contributed by atoms with Crippen molar-refractivity contribution in [2.24, 2.45) is 5.84 Å². The van der Waals surface area contributed by atoms with Crippen LogP contribution in [0.25, 0.3) is 0 Å². The van der Waals surface area contributed by atoms with Gasteiger partial charge in [-0.15, -0.1) is 0 Å². The van der Waals surface area contributed by atoms with Crippen LogP contribution in [0.2, 0.25) is 0 Å². The number of amides is 1. The van der Waals surface area contributed by atoms with Gasteiger partial charge in [0.15, 0.2) is 0 Å². The third-order valence-electron chi connectivity index (χ3n) is 2.00. The smallest absolute Gasteiger partial charge is 0.268 e. The maximum Gasteiger partial charge on any atom is 0.268 e. The van der Waals surface area contributed by atoms with Gasteiger partial charge < -0.3 is 4.74 Å². The molecule has 1 aromatic rings. The molecule has 0 spiro atoms. The number of nitrogen functional groups attached to an aromatic ring is 1. The van der Waals surface area contributed by atoms with E-state index in [9.17, 15) is 4.79 Å². The molecule has 0 aliphatic heterocycles. The maximum atomic E-state index is 11.4. The maximum absolute atomic E-state index is 11.4. The van der Waals surface area contributed by atoms with Gasteiger partial charge in [-0.3, -0.25) is 10.2 Å². The average molecular weight is 194 g/mol. The molecule has 14 heavy (non-hydrogen) atoms. The SMILES string of the molecule is COc1c(C)cc(C)cc1C(=O)NN. The number of nitrogens with two attached hydrogens (primary N) is 1. The van der Waals surface area contributed by atoms with Crippen LogP contribution in [0, 0.1) is 13.8 Å². The van der Waals surface area contributed by atoms with Crippen LogP contribution in [0.1, 0.15) is 21.5 Å². The molecule has 0 unspecified atom stereocenters. The Morgan fingerprint density at radius 1 is 1.43 bits per heavy atom. The summed E-state index contributed by atoms with van der Waals surface area (Å²) in [6, 6.07) is 3.69. The zero-order valence-electron chi connectivity index (χ0n) is 8.55. The highest BCUT2D eigenvalue weighted by molar-refractivity contribution is 5.97. The van der Waals surface area contributed by atoms with Crippen molar-refractivity contribution in [2.75, 3.05) is 7.11 Å². The van der Waals surface area contributed by atoms with Gasteiger partial charge in [0.2, 0.25) is 0 Å². The average Bonchev–Trinajstić information content (AvgIpc) is 2.15. The quantitative estimate of drug-likeness (QED) is 0.418. The summed E-state index contributed by atoms with van der Waals surface area (Å²) in [5.41, 5.74) is 4.48. The minimum Gasteiger partial charge on any atom is -0.496 e. The predicted molar refractivity (Wildman–Crippen MR) is 54.1 cm³/mol. The molecule has 0 saturated heterocycles. The molecule has 1 aromatic carbocycles. The molecule has 0 aliphatic rings. The van der Waals surface area contributed by atoms with Gasteiger partial charge in [-0.2, -0.15) is 0 Å². The predicted octanol–water partition coefficient (Wildman–Crippen LogP) is 0.916. The highest BCUT2D eigenvalue weighted by Gasteiger charge is 2.13. The van der Waals surface area contributed by atoms with Crippen LogP contribution < -0.4 is 16.0 Å². The molecule has 1 rings (SSSR count). The second-order valence-electron chi connectivity index (χ2n) is 3.14. The van der Waals surface area contributed by atoms with E-state index in [1.165, 1.54) is 7.11 Å². The summed E-state index contributed by atoms with van der Waals surface area (Å²) in [5.74, 6) is 5.30. The van der Waals surface area contributed by atoms with Crippen LogP contribution in [0.4, 0.5) is 0 Å². The van der Waals surface area contributed by atoms with E-state index in [-0.39, 0.29) is 5.91 Å². The summed E-state index contributed by atoms with van der Waals surface area (Å²) in [7, 11) is 1.53. The minimum absolute atomic E-state index is 0.339. The van der Waals surface area contributed by atoms with Crippen molar-refractivity contribution in [2.45, 2.75) is 13.8 Å². The molecule has 0 radical (unpaired) electrons. The van der Waals surface area contributed by atoms with Crippen molar-refractivity contribution >= 4 is 5.91 Å². The van der Waals surface area contributed by atoms with Crippen LogP contribution in [-0.4, -0.2) is 13.0 Å². The van der Waals surface area contributed by atoms with E-state index in [0.29, 0.717) is 11.3 Å². The van der Waals surface area contributed by atoms with Crippen LogP contribution >= 0.6 is 0 Å². The van der Waals surface area contributed by atoms with Gasteiger partial charge in [-0.05, 0) is 31.0 Å². The number of carbonyl (C=O) groups excluding carboxylic acids is 1. The molecule has 4 heteroatoms. The van der Waals surface area contributed by atoms with E-state index >= 15 is 0 Å². The molecule has 0 fully saturated rings. The normalized spacial score (nSPS) is 9.71. The van der Waals surface area contributed by atoms with E-state index < -0.39 is 0 Å². The van der Waals surface area contributed by atoms with Crippen molar-refractivity contribution in [1.29, 1.82) is 0 Å². The second-order valence-corrected chi connectivity index (χ2v) is 3.14. The molecule has 0 aliphatic carbocycles. The van der Waals surface area contributed by atoms with E-state index in [4.69, 9.17) is 10.6 Å². The third-order valence-corrected chi connectivity index (χ3v) is 2.00. The van der Waals surface area contributed by atoms with Crippen LogP contribution in [0.5, 0.6) is 5.75 Å². The van der Waals surface area contributed by atoms with E-state index in [2.05, 4.69) is 5.43 Å². The molecule has 1 amide bonds. The molecule has 3 N–H and O–H groups in total. The Hall–Kier alpha value is -1.55. The lowest BCUT2D eigenvalue weighted by Crippen LogP contribution is -2.30. The lowest BCUT2D eigenvalue weighted by atomic mass is 10.1. The molecule has 0 saturated carbocycles. The summed E-state index contributed by atoms with van der Waals surface area (Å²) in [4.78, 5) is 11.4. The monoisotopic (exact) mass is 194 g/mol. The van der Waals surface area contributed by atoms with Gasteiger partial charge >= 0.3 is 0 Å². The molecular weight excluding hydrogens is 180 g/mol. The highest BCUT2D eigenvalue weighted by Crippen LogP contribution is 2.24. The molecular formula is C10H14N2O2. The summed E-state index contributed by atoms with van der Waals surface area (Å²) in [6.45, 7) is 3.80. The summed E-state index contributed by atoms with van der Waals surface area (Å²) >= 11 is 0. The number of hydrogen-bond acceptors (Lipinski definition) is 3. The number of rotatable bonds is 2. The van der Waals surface area contributed by atoms with Crippen LogP contribution in [0.15, 0.2) is 12.1 Å². The van der Waals surface area contributed by atoms with Crippen LogP contribution in [-0.2, 0) is 0 Å². The third kappa shape index (κ3) is 1.85. The number of benzene rings is 1. The van der Waals surface area contributed by atoms with Crippen molar-refractivity contribution in [3.05, 3.63) is 28.8 Å². The minimum atomic E-state index is -0.339. The van der Waals surface area contributed by atoms with Crippen molar-refractivity contribution in [3.63, 3.8) is 0 Å². The molecule has 0 heterocycles. The number of ether oxygens (including phenoxy) is 1. The first kappa shape index (κ1) is 10.5. The number of nitrogens with one attached hydrogen (secondary N) is 1. The lowest BCUT2D eigenvalue weighted by molar-refractivity contribution is 0.0950. The Kier molecular flexibility index (Phi) is 3.09. The van der Waals surface area contributed by atoms with Gasteiger partial charge in [0.05, 0.1) is 12.7 Å². The second kappa shape index (κ2) is 4.11. The molecule has 76 valence electrons. The fourth-order valence-corrected chi connectivity index (χ4v) is 1.47. The number of carbonyl (C=O) groups is 1. The molecule has 4 nitrogen and oxygen atoms in total. The summed E-state index contributed by atoms with van der Waals surface area (Å²) in [5, 5.41) is 0. The van der Waals surface area contributed by atoms with Crippen molar-refractivity contribution in [1.82, 2.24) is 5.43 Å². The number of hydrogen-bond donors (Lipinski definition) is 2. The Balaban J connectivity index is 3.32. The fourth-order valence-electron chi connectivity index (χ4n) is 1.47. The van der Waals surface area contributed by atoms with E-state index in [1.54, 1.807) is 6.07 Å². The van der Waals surface area contributed by atoms with Crippen LogP contribution in [0.3, 0.4) is 0 Å². The van der Waals surface area contributed by atoms with E-state index in [0.717, 1.165) is 11.1 Å². The van der Waals surface area contributed by atoms with E-state index in [1.807, 2.05) is 19.9 Å².